The normalized spacial score (nSPS) is 11.4. The number of fused-ring (bicyclic) bond motifs is 1. The number of halogens is 2. The van der Waals surface area contributed by atoms with E-state index in [2.05, 4.69) is 60.4 Å². The third-order valence-corrected chi connectivity index (χ3v) is 5.23. The van der Waals surface area contributed by atoms with Gasteiger partial charge in [-0.3, -0.25) is 5.43 Å². The predicted octanol–water partition coefficient (Wildman–Crippen LogP) is 5.58. The van der Waals surface area contributed by atoms with Crippen LogP contribution in [0.2, 0.25) is 0 Å². The molecule has 0 aliphatic rings. The van der Waals surface area contributed by atoms with Gasteiger partial charge in [0.1, 0.15) is 0 Å². The highest BCUT2D eigenvalue weighted by molar-refractivity contribution is 9.11. The number of nitrogens with zero attached hydrogens (tertiary/aromatic N) is 2. The number of thiazole rings is 1. The van der Waals surface area contributed by atoms with E-state index in [-0.39, 0.29) is 0 Å². The summed E-state index contributed by atoms with van der Waals surface area (Å²) in [7, 11) is 0. The Labute approximate surface area is 143 Å². The van der Waals surface area contributed by atoms with Crippen LogP contribution in [0.1, 0.15) is 11.1 Å². The van der Waals surface area contributed by atoms with E-state index in [0.29, 0.717) is 0 Å². The van der Waals surface area contributed by atoms with E-state index >= 15 is 0 Å². The van der Waals surface area contributed by atoms with E-state index in [1.54, 1.807) is 17.6 Å². The van der Waals surface area contributed by atoms with Gasteiger partial charge in [-0.25, -0.2) is 4.98 Å². The zero-order valence-corrected chi connectivity index (χ0v) is 15.1. The lowest BCUT2D eigenvalue weighted by atomic mass is 10.2. The lowest BCUT2D eigenvalue weighted by Crippen LogP contribution is -1.90. The van der Waals surface area contributed by atoms with Gasteiger partial charge in [0.2, 0.25) is 5.13 Å². The lowest BCUT2D eigenvalue weighted by molar-refractivity contribution is 1.31. The molecule has 2 aromatic carbocycles. The molecule has 0 saturated heterocycles. The van der Waals surface area contributed by atoms with Crippen LogP contribution in [0.4, 0.5) is 5.13 Å². The van der Waals surface area contributed by atoms with E-state index < -0.39 is 0 Å². The molecule has 0 radical (unpaired) electrons. The summed E-state index contributed by atoms with van der Waals surface area (Å²) in [5.41, 5.74) is 6.23. The molecule has 3 rings (SSSR count). The fourth-order valence-corrected chi connectivity index (χ4v) is 3.93. The third-order valence-electron chi connectivity index (χ3n) is 2.94. The Balaban J connectivity index is 1.79. The van der Waals surface area contributed by atoms with Crippen molar-refractivity contribution in [1.82, 2.24) is 4.98 Å². The van der Waals surface area contributed by atoms with E-state index in [9.17, 15) is 0 Å². The van der Waals surface area contributed by atoms with Crippen LogP contribution in [0.15, 0.2) is 50.4 Å². The van der Waals surface area contributed by atoms with Crippen LogP contribution >= 0.6 is 43.2 Å². The van der Waals surface area contributed by atoms with Crippen molar-refractivity contribution in [2.24, 2.45) is 5.10 Å². The van der Waals surface area contributed by atoms with Crippen LogP contribution in [0.3, 0.4) is 0 Å². The minimum absolute atomic E-state index is 0.795. The maximum atomic E-state index is 4.52. The summed E-state index contributed by atoms with van der Waals surface area (Å²) < 4.78 is 3.21. The largest absolute Gasteiger partial charge is 0.253 e. The highest BCUT2D eigenvalue weighted by Crippen LogP contribution is 2.28. The molecule has 0 fully saturated rings. The van der Waals surface area contributed by atoms with Crippen molar-refractivity contribution < 1.29 is 0 Å². The van der Waals surface area contributed by atoms with Crippen molar-refractivity contribution in [1.29, 1.82) is 0 Å². The molecule has 106 valence electrons. The van der Waals surface area contributed by atoms with Gasteiger partial charge in [0, 0.05) is 14.5 Å². The van der Waals surface area contributed by atoms with Gasteiger partial charge < -0.3 is 0 Å². The van der Waals surface area contributed by atoms with Crippen LogP contribution in [-0.4, -0.2) is 11.2 Å². The first-order valence-electron chi connectivity index (χ1n) is 6.24. The number of benzene rings is 2. The van der Waals surface area contributed by atoms with Crippen molar-refractivity contribution in [2.45, 2.75) is 6.92 Å². The average Bonchev–Trinajstić information content (AvgIpc) is 2.86. The van der Waals surface area contributed by atoms with Crippen LogP contribution in [-0.2, 0) is 0 Å². The molecule has 1 heterocycles. The van der Waals surface area contributed by atoms with Crippen LogP contribution in [0.5, 0.6) is 0 Å². The molecule has 21 heavy (non-hydrogen) atoms. The number of hydrazone groups is 1. The van der Waals surface area contributed by atoms with Crippen LogP contribution in [0, 0.1) is 6.92 Å². The Morgan fingerprint density at radius 1 is 1.24 bits per heavy atom. The number of hydrogen-bond acceptors (Lipinski definition) is 4. The molecule has 0 unspecified atom stereocenters. The van der Waals surface area contributed by atoms with E-state index in [0.717, 1.165) is 25.2 Å². The first-order chi connectivity index (χ1) is 10.1. The Kier molecular flexibility index (Phi) is 4.37. The maximum Gasteiger partial charge on any atom is 0.204 e. The summed E-state index contributed by atoms with van der Waals surface area (Å²) in [5.74, 6) is 0. The van der Waals surface area contributed by atoms with Gasteiger partial charge in [0.25, 0.3) is 0 Å². The van der Waals surface area contributed by atoms with E-state index in [1.165, 1.54) is 10.3 Å². The highest BCUT2D eigenvalue weighted by atomic mass is 79.9. The summed E-state index contributed by atoms with van der Waals surface area (Å²) in [6.45, 7) is 2.09. The number of aromatic nitrogens is 1. The molecular formula is C15H11Br2N3S. The predicted molar refractivity (Wildman–Crippen MR) is 97.4 cm³/mol. The number of anilines is 1. The topological polar surface area (TPSA) is 37.3 Å². The minimum Gasteiger partial charge on any atom is -0.253 e. The molecule has 0 spiro atoms. The fraction of sp³-hybridized carbons (Fsp3) is 0.0667. The second-order valence-corrected chi connectivity index (χ2v) is 7.25. The Morgan fingerprint density at radius 3 is 2.86 bits per heavy atom. The van der Waals surface area contributed by atoms with Crippen molar-refractivity contribution in [3.05, 3.63) is 56.5 Å². The van der Waals surface area contributed by atoms with Crippen LogP contribution in [0.25, 0.3) is 10.2 Å². The Hall–Kier alpha value is -1.24. The molecule has 0 aliphatic carbocycles. The second kappa shape index (κ2) is 6.25. The van der Waals surface area contributed by atoms with E-state index in [1.807, 2.05) is 30.3 Å². The molecule has 1 aromatic heterocycles. The lowest BCUT2D eigenvalue weighted by Gasteiger charge is -1.98. The smallest absolute Gasteiger partial charge is 0.204 e. The monoisotopic (exact) mass is 423 g/mol. The molecule has 0 aliphatic heterocycles. The summed E-state index contributed by atoms with van der Waals surface area (Å²) in [5, 5.41) is 5.05. The molecule has 0 amide bonds. The van der Waals surface area contributed by atoms with Gasteiger partial charge in [-0.05, 0) is 30.7 Å². The molecule has 0 saturated carbocycles. The number of rotatable bonds is 3. The molecule has 0 atom stereocenters. The van der Waals surface area contributed by atoms with Crippen LogP contribution < -0.4 is 5.43 Å². The zero-order valence-electron chi connectivity index (χ0n) is 11.1. The number of aryl methyl sites for hydroxylation is 1. The molecule has 1 N–H and O–H groups in total. The molecule has 6 heteroatoms. The Bertz CT molecular complexity index is 827. The highest BCUT2D eigenvalue weighted by Gasteiger charge is 2.04. The fourth-order valence-electron chi connectivity index (χ4n) is 1.90. The number of nitrogens with one attached hydrogen (secondary N) is 1. The van der Waals surface area contributed by atoms with Gasteiger partial charge in [-0.1, -0.05) is 61.4 Å². The maximum absolute atomic E-state index is 4.52. The minimum atomic E-state index is 0.795. The first kappa shape index (κ1) is 14.7. The Morgan fingerprint density at radius 2 is 2.10 bits per heavy atom. The third kappa shape index (κ3) is 3.33. The molecule has 3 nitrogen and oxygen atoms in total. The van der Waals surface area contributed by atoms with Gasteiger partial charge >= 0.3 is 0 Å². The summed E-state index contributed by atoms with van der Waals surface area (Å²) in [6.07, 6.45) is 1.77. The van der Waals surface area contributed by atoms with Crippen molar-refractivity contribution in [2.75, 3.05) is 5.43 Å². The van der Waals surface area contributed by atoms with Gasteiger partial charge in [-0.2, -0.15) is 5.10 Å². The van der Waals surface area contributed by atoms with Crippen molar-refractivity contribution >= 4 is 64.8 Å². The zero-order chi connectivity index (χ0) is 14.8. The van der Waals surface area contributed by atoms with Crippen molar-refractivity contribution in [3.63, 3.8) is 0 Å². The second-order valence-electron chi connectivity index (χ2n) is 4.48. The summed E-state index contributed by atoms with van der Waals surface area (Å²) >= 11 is 8.55. The number of hydrogen-bond donors (Lipinski definition) is 1. The molecule has 3 aromatic rings. The van der Waals surface area contributed by atoms with Gasteiger partial charge in [0.15, 0.2) is 0 Å². The first-order valence-corrected chi connectivity index (χ1v) is 8.64. The van der Waals surface area contributed by atoms with E-state index in [4.69, 9.17) is 0 Å². The molecular weight excluding hydrogens is 414 g/mol. The molecule has 0 bridgehead atoms. The average molecular weight is 425 g/mol. The summed E-state index contributed by atoms with van der Waals surface area (Å²) in [6, 6.07) is 12.1. The standard InChI is InChI=1S/C15H11Br2N3S/c1-9-3-2-4-13-14(9)21-15(19-13)20-18-8-10-5-6-11(16)7-12(10)17/h2-8H,1H3,(H,19,20)/b18-8-. The van der Waals surface area contributed by atoms with Crippen molar-refractivity contribution in [3.8, 4) is 0 Å². The summed E-state index contributed by atoms with van der Waals surface area (Å²) in [4.78, 5) is 4.52. The van der Waals surface area contributed by atoms with Gasteiger partial charge in [0.05, 0.1) is 16.4 Å². The quantitative estimate of drug-likeness (QED) is 0.440. The SMILES string of the molecule is Cc1cccc2nc(N/N=C\c3ccc(Br)cc3Br)sc12. The van der Waals surface area contributed by atoms with Gasteiger partial charge in [-0.15, -0.1) is 0 Å².